The van der Waals surface area contributed by atoms with Crippen LogP contribution < -0.4 is 20.1 Å². The Morgan fingerprint density at radius 1 is 1.10 bits per heavy atom. The molecule has 2 amide bonds. The van der Waals surface area contributed by atoms with Crippen LogP contribution in [-0.4, -0.2) is 18.4 Å². The van der Waals surface area contributed by atoms with Gasteiger partial charge in [0.25, 0.3) is 11.8 Å². The summed E-state index contributed by atoms with van der Waals surface area (Å²) in [6.07, 6.45) is 0. The van der Waals surface area contributed by atoms with E-state index < -0.39 is 0 Å². The van der Waals surface area contributed by atoms with Crippen LogP contribution in [0.25, 0.3) is 0 Å². The van der Waals surface area contributed by atoms with Crippen LogP contribution in [0, 0.1) is 6.92 Å². The zero-order valence-corrected chi connectivity index (χ0v) is 15.9. The van der Waals surface area contributed by atoms with Crippen LogP contribution in [0.4, 0.5) is 11.4 Å². The molecule has 2 N–H and O–H groups in total. The van der Waals surface area contributed by atoms with Gasteiger partial charge in [-0.05, 0) is 48.4 Å². The van der Waals surface area contributed by atoms with Crippen LogP contribution in [0.5, 0.6) is 11.5 Å². The molecule has 1 heterocycles. The summed E-state index contributed by atoms with van der Waals surface area (Å²) in [7, 11) is 0. The Hall–Kier alpha value is -3.80. The highest BCUT2D eigenvalue weighted by Gasteiger charge is 2.18. The molecule has 0 aliphatic carbocycles. The number of hydrogen-bond donors (Lipinski definition) is 2. The summed E-state index contributed by atoms with van der Waals surface area (Å²) in [6, 6.07) is 20.4. The zero-order chi connectivity index (χ0) is 20.2. The fraction of sp³-hybridized carbons (Fsp3) is 0.130. The Balaban J connectivity index is 1.52. The number of carbonyl (C=O) groups is 2. The number of hydrogen-bond acceptors (Lipinski definition) is 4. The Bertz CT molecular complexity index is 1060. The summed E-state index contributed by atoms with van der Waals surface area (Å²) >= 11 is 0. The highest BCUT2D eigenvalue weighted by molar-refractivity contribution is 6.06. The minimum absolute atomic E-state index is 0.0238. The molecule has 0 unspecified atom stereocenters. The maximum absolute atomic E-state index is 12.8. The second kappa shape index (κ2) is 8.06. The number of ether oxygens (including phenoxy) is 2. The largest absolute Gasteiger partial charge is 0.487 e. The summed E-state index contributed by atoms with van der Waals surface area (Å²) < 4.78 is 11.3. The van der Waals surface area contributed by atoms with E-state index in [1.807, 2.05) is 55.5 Å². The van der Waals surface area contributed by atoms with Crippen LogP contribution in [0.3, 0.4) is 0 Å². The fourth-order valence-corrected chi connectivity index (χ4v) is 3.01. The molecule has 0 spiro atoms. The summed E-state index contributed by atoms with van der Waals surface area (Å²) in [5, 5.41) is 5.60. The average molecular weight is 388 g/mol. The van der Waals surface area contributed by atoms with Gasteiger partial charge in [-0.15, -0.1) is 0 Å². The first-order valence-corrected chi connectivity index (χ1v) is 9.24. The first kappa shape index (κ1) is 18.6. The zero-order valence-electron chi connectivity index (χ0n) is 15.9. The van der Waals surface area contributed by atoms with Gasteiger partial charge < -0.3 is 20.1 Å². The molecule has 0 saturated heterocycles. The molecule has 6 heteroatoms. The second-order valence-corrected chi connectivity index (χ2v) is 6.78. The molecule has 3 aromatic rings. The Kier molecular flexibility index (Phi) is 5.16. The molecule has 0 fully saturated rings. The molecular weight excluding hydrogens is 368 g/mol. The highest BCUT2D eigenvalue weighted by Crippen LogP contribution is 2.30. The number of benzene rings is 3. The van der Waals surface area contributed by atoms with Crippen molar-refractivity contribution < 1.29 is 19.1 Å². The Labute approximate surface area is 168 Å². The predicted molar refractivity (Wildman–Crippen MR) is 110 cm³/mol. The van der Waals surface area contributed by atoms with E-state index >= 15 is 0 Å². The van der Waals surface area contributed by atoms with Crippen molar-refractivity contribution in [3.63, 3.8) is 0 Å². The van der Waals surface area contributed by atoms with Gasteiger partial charge in [0, 0.05) is 5.56 Å². The molecule has 0 saturated carbocycles. The standard InChI is InChI=1S/C23H20N2O4/c1-15-7-9-18(21(11-15)28-13-16-5-3-2-4-6-16)25-23(27)17-8-10-20-19(12-17)24-22(26)14-29-20/h2-12H,13-14H2,1H3,(H,24,26)(H,25,27). The van der Waals surface area contributed by atoms with E-state index in [9.17, 15) is 9.59 Å². The van der Waals surface area contributed by atoms with Crippen molar-refractivity contribution in [2.24, 2.45) is 0 Å². The smallest absolute Gasteiger partial charge is 0.262 e. The molecule has 146 valence electrons. The quantitative estimate of drug-likeness (QED) is 0.688. The molecule has 6 nitrogen and oxygen atoms in total. The number of amides is 2. The monoisotopic (exact) mass is 388 g/mol. The van der Waals surface area contributed by atoms with Gasteiger partial charge >= 0.3 is 0 Å². The topological polar surface area (TPSA) is 76.7 Å². The van der Waals surface area contributed by atoms with Crippen molar-refractivity contribution in [3.8, 4) is 11.5 Å². The van der Waals surface area contributed by atoms with E-state index in [4.69, 9.17) is 9.47 Å². The number of nitrogens with one attached hydrogen (secondary N) is 2. The first-order valence-electron chi connectivity index (χ1n) is 9.24. The van der Waals surface area contributed by atoms with E-state index in [0.717, 1.165) is 11.1 Å². The molecule has 0 radical (unpaired) electrons. The molecular formula is C23H20N2O4. The molecule has 3 aromatic carbocycles. The van der Waals surface area contributed by atoms with E-state index in [0.29, 0.717) is 35.0 Å². The van der Waals surface area contributed by atoms with Crippen LogP contribution in [-0.2, 0) is 11.4 Å². The maximum Gasteiger partial charge on any atom is 0.262 e. The number of rotatable bonds is 5. The second-order valence-electron chi connectivity index (χ2n) is 6.78. The molecule has 0 atom stereocenters. The molecule has 0 bridgehead atoms. The van der Waals surface area contributed by atoms with Gasteiger partial charge in [-0.3, -0.25) is 9.59 Å². The van der Waals surface area contributed by atoms with E-state index in [2.05, 4.69) is 10.6 Å². The molecule has 1 aliphatic rings. The number of fused-ring (bicyclic) bond motifs is 1. The lowest BCUT2D eigenvalue weighted by Gasteiger charge is -2.18. The van der Waals surface area contributed by atoms with Crippen molar-refractivity contribution in [2.75, 3.05) is 17.2 Å². The Morgan fingerprint density at radius 2 is 1.93 bits per heavy atom. The van der Waals surface area contributed by atoms with Crippen molar-refractivity contribution >= 4 is 23.2 Å². The average Bonchev–Trinajstić information content (AvgIpc) is 2.74. The van der Waals surface area contributed by atoms with Gasteiger partial charge in [0.15, 0.2) is 6.61 Å². The van der Waals surface area contributed by atoms with E-state index in [-0.39, 0.29) is 18.4 Å². The van der Waals surface area contributed by atoms with E-state index in [1.165, 1.54) is 0 Å². The normalized spacial score (nSPS) is 12.4. The molecule has 4 rings (SSSR count). The summed E-state index contributed by atoms with van der Waals surface area (Å²) in [5.41, 5.74) is 3.54. The highest BCUT2D eigenvalue weighted by atomic mass is 16.5. The van der Waals surface area contributed by atoms with Crippen LogP contribution in [0.15, 0.2) is 66.7 Å². The van der Waals surface area contributed by atoms with Crippen molar-refractivity contribution in [3.05, 3.63) is 83.4 Å². The van der Waals surface area contributed by atoms with Gasteiger partial charge in [0.1, 0.15) is 18.1 Å². The summed E-state index contributed by atoms with van der Waals surface area (Å²) in [6.45, 7) is 2.34. The minimum atomic E-state index is -0.305. The van der Waals surface area contributed by atoms with Gasteiger partial charge in [-0.25, -0.2) is 0 Å². The number of carbonyl (C=O) groups excluding carboxylic acids is 2. The SMILES string of the molecule is Cc1ccc(NC(=O)c2ccc3c(c2)NC(=O)CO3)c(OCc2ccccc2)c1. The van der Waals surface area contributed by atoms with Gasteiger partial charge in [-0.1, -0.05) is 36.4 Å². The van der Waals surface area contributed by atoms with Crippen molar-refractivity contribution in [2.45, 2.75) is 13.5 Å². The molecule has 0 aromatic heterocycles. The minimum Gasteiger partial charge on any atom is -0.487 e. The van der Waals surface area contributed by atoms with Gasteiger partial charge in [0.2, 0.25) is 0 Å². The van der Waals surface area contributed by atoms with Gasteiger partial charge in [-0.2, -0.15) is 0 Å². The summed E-state index contributed by atoms with van der Waals surface area (Å²) in [5.74, 6) is 0.589. The van der Waals surface area contributed by atoms with Crippen LogP contribution in [0.1, 0.15) is 21.5 Å². The lowest BCUT2D eigenvalue weighted by molar-refractivity contribution is -0.118. The lowest BCUT2D eigenvalue weighted by Crippen LogP contribution is -2.25. The third-order valence-electron chi connectivity index (χ3n) is 4.50. The summed E-state index contributed by atoms with van der Waals surface area (Å²) in [4.78, 5) is 24.3. The van der Waals surface area contributed by atoms with Crippen molar-refractivity contribution in [1.82, 2.24) is 0 Å². The maximum atomic E-state index is 12.8. The van der Waals surface area contributed by atoms with Crippen LogP contribution >= 0.6 is 0 Å². The predicted octanol–water partition coefficient (Wildman–Crippen LogP) is 4.16. The molecule has 1 aliphatic heterocycles. The third-order valence-corrected chi connectivity index (χ3v) is 4.50. The number of anilines is 2. The lowest BCUT2D eigenvalue weighted by atomic mass is 10.1. The Morgan fingerprint density at radius 3 is 2.76 bits per heavy atom. The first-order chi connectivity index (χ1) is 14.1. The number of aryl methyl sites for hydroxylation is 1. The molecule has 29 heavy (non-hydrogen) atoms. The third kappa shape index (κ3) is 4.38. The fourth-order valence-electron chi connectivity index (χ4n) is 3.01. The van der Waals surface area contributed by atoms with Crippen molar-refractivity contribution in [1.29, 1.82) is 0 Å². The van der Waals surface area contributed by atoms with E-state index in [1.54, 1.807) is 18.2 Å². The van der Waals surface area contributed by atoms with Gasteiger partial charge in [0.05, 0.1) is 11.4 Å². The van der Waals surface area contributed by atoms with Crippen LogP contribution in [0.2, 0.25) is 0 Å².